The van der Waals surface area contributed by atoms with Crippen LogP contribution in [0.3, 0.4) is 0 Å². The molecular weight excluding hydrogens is 309 g/mol. The number of methoxy groups -OCH3 is 1. The molecule has 0 aliphatic carbocycles. The van der Waals surface area contributed by atoms with Gasteiger partial charge in [-0.1, -0.05) is 11.6 Å². The van der Waals surface area contributed by atoms with E-state index < -0.39 is 0 Å². The molecule has 0 saturated heterocycles. The zero-order chi connectivity index (χ0) is 9.30. The largest absolute Gasteiger partial charge is 0.495 e. The van der Waals surface area contributed by atoms with Crippen molar-refractivity contribution in [2.24, 2.45) is 0 Å². The molecule has 0 unspecified atom stereocenters. The number of benzene rings is 1. The van der Waals surface area contributed by atoms with Crippen molar-refractivity contribution in [1.29, 1.82) is 0 Å². The van der Waals surface area contributed by atoms with E-state index in [-0.39, 0.29) is 0 Å². The fraction of sp³-hybridized carbons (Fsp3) is 0.143. The Morgan fingerprint density at radius 1 is 1.50 bits per heavy atom. The summed E-state index contributed by atoms with van der Waals surface area (Å²) in [4.78, 5) is 0. The minimum absolute atomic E-state index is 0.505. The number of anilines is 1. The summed E-state index contributed by atoms with van der Waals surface area (Å²) in [5, 5.41) is 0.549. The van der Waals surface area contributed by atoms with E-state index in [4.69, 9.17) is 22.1 Å². The first kappa shape index (κ1) is 10.2. The molecule has 0 bridgehead atoms. The molecule has 0 atom stereocenters. The zero-order valence-corrected chi connectivity index (χ0v) is 10.1. The molecule has 0 fully saturated rings. The van der Waals surface area contributed by atoms with Crippen molar-refractivity contribution in [1.82, 2.24) is 0 Å². The van der Waals surface area contributed by atoms with E-state index in [0.717, 1.165) is 4.47 Å². The van der Waals surface area contributed by atoms with Crippen LogP contribution in [0.1, 0.15) is 0 Å². The van der Waals surface area contributed by atoms with Gasteiger partial charge in [0, 0.05) is 4.47 Å². The quantitative estimate of drug-likeness (QED) is 0.636. The van der Waals surface area contributed by atoms with E-state index >= 15 is 0 Å². The van der Waals surface area contributed by atoms with Gasteiger partial charge in [-0.15, -0.1) is 0 Å². The molecular formula is C7H6Br2ClNO. The van der Waals surface area contributed by atoms with Crippen LogP contribution in [0.2, 0.25) is 5.02 Å². The Kier molecular flexibility index (Phi) is 3.26. The molecule has 2 N–H and O–H groups in total. The lowest BCUT2D eigenvalue weighted by Gasteiger charge is -2.08. The molecule has 0 aliphatic rings. The van der Waals surface area contributed by atoms with Crippen LogP contribution in [0.15, 0.2) is 15.0 Å². The fourth-order valence-electron chi connectivity index (χ4n) is 0.756. The van der Waals surface area contributed by atoms with Crippen molar-refractivity contribution < 1.29 is 4.74 Å². The summed E-state index contributed by atoms with van der Waals surface area (Å²) in [7, 11) is 1.55. The number of hydrogen-bond acceptors (Lipinski definition) is 2. The molecule has 0 heterocycles. The van der Waals surface area contributed by atoms with E-state index in [9.17, 15) is 0 Å². The van der Waals surface area contributed by atoms with Gasteiger partial charge in [0.15, 0.2) is 0 Å². The molecule has 66 valence electrons. The Morgan fingerprint density at radius 3 is 2.58 bits per heavy atom. The second kappa shape index (κ2) is 3.85. The lowest BCUT2D eigenvalue weighted by molar-refractivity contribution is 0.416. The Bertz CT molecular complexity index is 317. The van der Waals surface area contributed by atoms with Crippen molar-refractivity contribution in [3.8, 4) is 5.75 Å². The minimum atomic E-state index is 0.505. The lowest BCUT2D eigenvalue weighted by atomic mass is 10.3. The maximum Gasteiger partial charge on any atom is 0.144 e. The van der Waals surface area contributed by atoms with Crippen LogP contribution < -0.4 is 10.5 Å². The lowest BCUT2D eigenvalue weighted by Crippen LogP contribution is -1.94. The number of nitrogen functional groups attached to an aromatic ring is 1. The molecule has 0 aromatic heterocycles. The normalized spacial score (nSPS) is 10.0. The summed E-state index contributed by atoms with van der Waals surface area (Å²) in [6.07, 6.45) is 0. The number of hydrogen-bond donors (Lipinski definition) is 1. The second-order valence-corrected chi connectivity index (χ2v) is 4.13. The van der Waals surface area contributed by atoms with Crippen LogP contribution in [-0.2, 0) is 0 Å². The van der Waals surface area contributed by atoms with Crippen molar-refractivity contribution in [3.63, 3.8) is 0 Å². The first-order chi connectivity index (χ1) is 5.57. The first-order valence-electron chi connectivity index (χ1n) is 3.05. The highest BCUT2D eigenvalue weighted by Gasteiger charge is 2.11. The highest BCUT2D eigenvalue weighted by molar-refractivity contribution is 9.11. The highest BCUT2D eigenvalue weighted by Crippen LogP contribution is 2.40. The smallest absolute Gasteiger partial charge is 0.144 e. The second-order valence-electron chi connectivity index (χ2n) is 2.10. The van der Waals surface area contributed by atoms with E-state index in [0.29, 0.717) is 20.9 Å². The van der Waals surface area contributed by atoms with Gasteiger partial charge in [-0.25, -0.2) is 0 Å². The van der Waals surface area contributed by atoms with Gasteiger partial charge < -0.3 is 10.5 Å². The topological polar surface area (TPSA) is 35.2 Å². The maximum absolute atomic E-state index is 5.88. The monoisotopic (exact) mass is 313 g/mol. The van der Waals surface area contributed by atoms with Crippen molar-refractivity contribution >= 4 is 49.1 Å². The molecule has 0 amide bonds. The third-order valence-corrected chi connectivity index (χ3v) is 3.68. The van der Waals surface area contributed by atoms with Gasteiger partial charge >= 0.3 is 0 Å². The molecule has 5 heteroatoms. The molecule has 1 aromatic rings. The first-order valence-corrected chi connectivity index (χ1v) is 5.01. The van der Waals surface area contributed by atoms with Gasteiger partial charge in [-0.05, 0) is 37.9 Å². The molecule has 0 spiro atoms. The van der Waals surface area contributed by atoms with Gasteiger partial charge in [0.2, 0.25) is 0 Å². The predicted octanol–water partition coefficient (Wildman–Crippen LogP) is 3.46. The Morgan fingerprint density at radius 2 is 2.08 bits per heavy atom. The predicted molar refractivity (Wildman–Crippen MR) is 57.8 cm³/mol. The van der Waals surface area contributed by atoms with Crippen LogP contribution in [0.4, 0.5) is 5.69 Å². The van der Waals surface area contributed by atoms with E-state index in [1.807, 2.05) is 0 Å². The van der Waals surface area contributed by atoms with E-state index in [2.05, 4.69) is 31.9 Å². The average molecular weight is 315 g/mol. The van der Waals surface area contributed by atoms with Crippen LogP contribution in [0.25, 0.3) is 0 Å². The van der Waals surface area contributed by atoms with Crippen LogP contribution in [0, 0.1) is 0 Å². The van der Waals surface area contributed by atoms with Gasteiger partial charge in [0.25, 0.3) is 0 Å². The third kappa shape index (κ3) is 1.70. The number of rotatable bonds is 1. The van der Waals surface area contributed by atoms with Gasteiger partial charge in [-0.3, -0.25) is 0 Å². The molecule has 1 aromatic carbocycles. The number of nitrogens with two attached hydrogens (primary N) is 1. The van der Waals surface area contributed by atoms with Crippen LogP contribution in [-0.4, -0.2) is 7.11 Å². The van der Waals surface area contributed by atoms with Crippen LogP contribution >= 0.6 is 43.5 Å². The summed E-state index contributed by atoms with van der Waals surface area (Å²) >= 11 is 12.4. The zero-order valence-electron chi connectivity index (χ0n) is 6.20. The Hall–Kier alpha value is 0.0700. The summed E-state index contributed by atoms with van der Waals surface area (Å²) in [5.74, 6) is 0.596. The van der Waals surface area contributed by atoms with Crippen molar-refractivity contribution in [2.75, 3.05) is 12.8 Å². The number of halogens is 3. The SMILES string of the molecule is COc1cc(Br)c(Cl)c(Br)c1N. The van der Waals surface area contributed by atoms with Gasteiger partial charge in [0.05, 0.1) is 22.3 Å². The third-order valence-electron chi connectivity index (χ3n) is 1.38. The Labute approximate surface area is 92.3 Å². The maximum atomic E-state index is 5.88. The molecule has 1 rings (SSSR count). The van der Waals surface area contributed by atoms with Gasteiger partial charge in [-0.2, -0.15) is 0 Å². The molecule has 0 radical (unpaired) electrons. The molecule has 12 heavy (non-hydrogen) atoms. The molecule has 0 saturated carbocycles. The van der Waals surface area contributed by atoms with Crippen molar-refractivity contribution in [3.05, 3.63) is 20.0 Å². The summed E-state index contributed by atoms with van der Waals surface area (Å²) < 4.78 is 6.42. The van der Waals surface area contributed by atoms with Crippen LogP contribution in [0.5, 0.6) is 5.75 Å². The Balaban J connectivity index is 3.39. The molecule has 0 aliphatic heterocycles. The summed E-state index contributed by atoms with van der Waals surface area (Å²) in [5.41, 5.74) is 6.19. The fourth-order valence-corrected chi connectivity index (χ4v) is 1.99. The standard InChI is InChI=1S/C7H6Br2ClNO/c1-12-4-2-3(8)6(10)5(9)7(4)11/h2H,11H2,1H3. The van der Waals surface area contributed by atoms with Gasteiger partial charge in [0.1, 0.15) is 5.75 Å². The summed E-state index contributed by atoms with van der Waals surface area (Å²) in [6, 6.07) is 1.72. The van der Waals surface area contributed by atoms with Crippen molar-refractivity contribution in [2.45, 2.75) is 0 Å². The summed E-state index contributed by atoms with van der Waals surface area (Å²) in [6.45, 7) is 0. The minimum Gasteiger partial charge on any atom is -0.495 e. The van der Waals surface area contributed by atoms with E-state index in [1.165, 1.54) is 0 Å². The molecule has 2 nitrogen and oxygen atoms in total. The highest BCUT2D eigenvalue weighted by atomic mass is 79.9. The average Bonchev–Trinajstić information content (AvgIpc) is 2.08. The number of ether oxygens (including phenoxy) is 1. The van der Waals surface area contributed by atoms with E-state index in [1.54, 1.807) is 13.2 Å².